The first-order valence-corrected chi connectivity index (χ1v) is 10.8. The first kappa shape index (κ1) is 22.8. The Morgan fingerprint density at radius 2 is 1.85 bits per heavy atom. The Morgan fingerprint density at radius 1 is 1.21 bits per heavy atom. The highest BCUT2D eigenvalue weighted by Gasteiger charge is 2.30. The number of carbonyl (C=O) groups is 1. The number of carbonyl (C=O) groups excluding carboxylic acids is 1. The minimum atomic E-state index is -0.952. The van der Waals surface area contributed by atoms with E-state index in [1.54, 1.807) is 37.4 Å². The standard InChI is InChI=1S/C24H22ClF2N5O/c1-3-24(2,15-4-6-16(25)7-5-15)20-14-29-23(30-20)31-22(33)21-18(26)12-17(13-19(21)27)32-10-8-28-9-11-32/h1,4-7,12-14,28H,8-11H2,2H3,(H2,29,30,31,33). The molecular weight excluding hydrogens is 448 g/mol. The topological polar surface area (TPSA) is 73.1 Å². The van der Waals surface area contributed by atoms with Crippen LogP contribution < -0.4 is 15.5 Å². The fourth-order valence-corrected chi connectivity index (χ4v) is 3.91. The van der Waals surface area contributed by atoms with Crippen LogP contribution in [0.4, 0.5) is 20.4 Å². The first-order chi connectivity index (χ1) is 15.8. The number of aromatic amines is 1. The molecule has 1 saturated heterocycles. The third-order valence-corrected chi connectivity index (χ3v) is 6.02. The highest BCUT2D eigenvalue weighted by Crippen LogP contribution is 2.31. The summed E-state index contributed by atoms with van der Waals surface area (Å²) in [6.07, 6.45) is 7.34. The molecule has 1 atom stereocenters. The number of terminal acetylenes is 1. The number of rotatable bonds is 5. The Morgan fingerprint density at radius 3 is 2.45 bits per heavy atom. The summed E-state index contributed by atoms with van der Waals surface area (Å²) >= 11 is 5.96. The Balaban J connectivity index is 1.55. The zero-order chi connectivity index (χ0) is 23.6. The van der Waals surface area contributed by atoms with E-state index in [4.69, 9.17) is 18.0 Å². The molecule has 3 aromatic rings. The summed E-state index contributed by atoms with van der Waals surface area (Å²) in [6.45, 7) is 4.49. The summed E-state index contributed by atoms with van der Waals surface area (Å²) in [5.74, 6) is -0.0960. The highest BCUT2D eigenvalue weighted by atomic mass is 35.5. The summed E-state index contributed by atoms with van der Waals surface area (Å²) in [5, 5.41) is 6.16. The van der Waals surface area contributed by atoms with Gasteiger partial charge in [-0.15, -0.1) is 6.42 Å². The predicted octanol–water partition coefficient (Wildman–Crippen LogP) is 3.94. The number of amides is 1. The van der Waals surface area contributed by atoms with E-state index in [0.29, 0.717) is 29.5 Å². The molecule has 1 fully saturated rings. The van der Waals surface area contributed by atoms with Crippen LogP contribution in [0.3, 0.4) is 0 Å². The minimum Gasteiger partial charge on any atom is -0.369 e. The van der Waals surface area contributed by atoms with Gasteiger partial charge in [-0.2, -0.15) is 0 Å². The molecule has 0 radical (unpaired) electrons. The molecule has 4 rings (SSSR count). The molecule has 0 bridgehead atoms. The summed E-state index contributed by atoms with van der Waals surface area (Å²) < 4.78 is 29.4. The Bertz CT molecular complexity index is 1190. The molecule has 1 amide bonds. The quantitative estimate of drug-likeness (QED) is 0.495. The lowest BCUT2D eigenvalue weighted by atomic mass is 9.81. The predicted molar refractivity (Wildman–Crippen MR) is 125 cm³/mol. The number of halogens is 3. The van der Waals surface area contributed by atoms with Crippen molar-refractivity contribution in [3.8, 4) is 12.3 Å². The van der Waals surface area contributed by atoms with Crippen LogP contribution in [0.25, 0.3) is 0 Å². The van der Waals surface area contributed by atoms with Crippen molar-refractivity contribution in [1.82, 2.24) is 15.3 Å². The Hall–Kier alpha value is -3.41. The zero-order valence-corrected chi connectivity index (χ0v) is 18.6. The lowest BCUT2D eigenvalue weighted by Gasteiger charge is -2.29. The van der Waals surface area contributed by atoms with Crippen LogP contribution in [0, 0.1) is 24.0 Å². The lowest BCUT2D eigenvalue weighted by molar-refractivity contribution is 0.101. The van der Waals surface area contributed by atoms with E-state index in [0.717, 1.165) is 18.7 Å². The van der Waals surface area contributed by atoms with Gasteiger partial charge in [-0.05, 0) is 36.8 Å². The molecule has 1 aliphatic rings. The maximum atomic E-state index is 14.7. The fourth-order valence-electron chi connectivity index (χ4n) is 3.78. The molecular formula is C24H22ClF2N5O. The Labute approximate surface area is 195 Å². The molecule has 9 heteroatoms. The van der Waals surface area contributed by atoms with Gasteiger partial charge in [0.2, 0.25) is 5.95 Å². The van der Waals surface area contributed by atoms with Gasteiger partial charge >= 0.3 is 0 Å². The molecule has 170 valence electrons. The maximum Gasteiger partial charge on any atom is 0.263 e. The van der Waals surface area contributed by atoms with E-state index < -0.39 is 28.5 Å². The molecule has 6 nitrogen and oxygen atoms in total. The Kier molecular flexibility index (Phi) is 6.36. The largest absolute Gasteiger partial charge is 0.369 e. The SMILES string of the molecule is C#CC(C)(c1ccc(Cl)cc1)c1c[nH]c(NC(=O)c2c(F)cc(N3CCNCC3)cc2F)n1. The van der Waals surface area contributed by atoms with Gasteiger partial charge in [0, 0.05) is 43.1 Å². The van der Waals surface area contributed by atoms with Crippen molar-refractivity contribution in [2.45, 2.75) is 12.3 Å². The van der Waals surface area contributed by atoms with Gasteiger partial charge in [-0.25, -0.2) is 13.8 Å². The normalized spacial score (nSPS) is 15.5. The average molecular weight is 470 g/mol. The second kappa shape index (κ2) is 9.22. The van der Waals surface area contributed by atoms with Gasteiger partial charge in [0.1, 0.15) is 17.2 Å². The second-order valence-electron chi connectivity index (χ2n) is 7.89. The van der Waals surface area contributed by atoms with E-state index in [1.807, 2.05) is 4.90 Å². The number of piperazine rings is 1. The van der Waals surface area contributed by atoms with E-state index in [2.05, 4.69) is 26.5 Å². The summed E-state index contributed by atoms with van der Waals surface area (Å²) in [7, 11) is 0. The van der Waals surface area contributed by atoms with Crippen LogP contribution in [0.2, 0.25) is 5.02 Å². The van der Waals surface area contributed by atoms with Gasteiger partial charge in [-0.3, -0.25) is 10.1 Å². The van der Waals surface area contributed by atoms with Gasteiger partial charge in [0.25, 0.3) is 5.91 Å². The van der Waals surface area contributed by atoms with Gasteiger partial charge < -0.3 is 15.2 Å². The smallest absolute Gasteiger partial charge is 0.263 e. The number of nitrogens with one attached hydrogen (secondary N) is 3. The minimum absolute atomic E-state index is 0.0235. The van der Waals surface area contributed by atoms with E-state index >= 15 is 0 Å². The summed E-state index contributed by atoms with van der Waals surface area (Å²) in [6, 6.07) is 9.37. The third kappa shape index (κ3) is 4.56. The van der Waals surface area contributed by atoms with E-state index in [1.165, 1.54) is 12.1 Å². The number of anilines is 2. The molecule has 2 aromatic carbocycles. The molecule has 0 spiro atoms. The molecule has 1 aromatic heterocycles. The second-order valence-corrected chi connectivity index (χ2v) is 8.32. The lowest BCUT2D eigenvalue weighted by Crippen LogP contribution is -2.43. The van der Waals surface area contributed by atoms with Crippen LogP contribution in [0.1, 0.15) is 28.5 Å². The van der Waals surface area contributed by atoms with Crippen LogP contribution in [0.15, 0.2) is 42.6 Å². The van der Waals surface area contributed by atoms with Crippen molar-refractivity contribution in [3.63, 3.8) is 0 Å². The highest BCUT2D eigenvalue weighted by molar-refractivity contribution is 6.30. The van der Waals surface area contributed by atoms with Crippen molar-refractivity contribution in [2.24, 2.45) is 0 Å². The average Bonchev–Trinajstić information content (AvgIpc) is 3.28. The van der Waals surface area contributed by atoms with Crippen LogP contribution >= 0.6 is 11.6 Å². The molecule has 2 heterocycles. The van der Waals surface area contributed by atoms with Crippen molar-refractivity contribution >= 4 is 29.1 Å². The third-order valence-electron chi connectivity index (χ3n) is 5.77. The molecule has 33 heavy (non-hydrogen) atoms. The zero-order valence-electron chi connectivity index (χ0n) is 17.9. The molecule has 1 aliphatic heterocycles. The number of hydrogen-bond acceptors (Lipinski definition) is 4. The van der Waals surface area contributed by atoms with Crippen molar-refractivity contribution in [1.29, 1.82) is 0 Å². The number of imidazole rings is 1. The first-order valence-electron chi connectivity index (χ1n) is 10.4. The number of hydrogen-bond donors (Lipinski definition) is 3. The van der Waals surface area contributed by atoms with Crippen LogP contribution in [-0.2, 0) is 5.41 Å². The van der Waals surface area contributed by atoms with E-state index in [9.17, 15) is 13.6 Å². The van der Waals surface area contributed by atoms with Crippen LogP contribution in [-0.4, -0.2) is 42.1 Å². The number of nitrogens with zero attached hydrogens (tertiary/aromatic N) is 2. The van der Waals surface area contributed by atoms with Crippen molar-refractivity contribution in [2.75, 3.05) is 36.4 Å². The molecule has 1 unspecified atom stereocenters. The molecule has 0 aliphatic carbocycles. The number of H-pyrrole nitrogens is 1. The van der Waals surface area contributed by atoms with Gasteiger partial charge in [0.15, 0.2) is 0 Å². The van der Waals surface area contributed by atoms with E-state index in [-0.39, 0.29) is 5.95 Å². The summed E-state index contributed by atoms with van der Waals surface area (Å²) in [4.78, 5) is 21.7. The van der Waals surface area contributed by atoms with Crippen molar-refractivity contribution in [3.05, 3.63) is 76.1 Å². The van der Waals surface area contributed by atoms with Crippen molar-refractivity contribution < 1.29 is 13.6 Å². The maximum absolute atomic E-state index is 14.7. The molecule has 0 saturated carbocycles. The molecule has 3 N–H and O–H groups in total. The van der Waals surface area contributed by atoms with Gasteiger partial charge in [0.05, 0.1) is 11.1 Å². The number of aromatic nitrogens is 2. The fraction of sp³-hybridized carbons (Fsp3) is 0.250. The number of benzene rings is 2. The van der Waals surface area contributed by atoms with Crippen LogP contribution in [0.5, 0.6) is 0 Å². The van der Waals surface area contributed by atoms with Gasteiger partial charge in [-0.1, -0.05) is 29.7 Å². The summed E-state index contributed by atoms with van der Waals surface area (Å²) in [5.41, 5.74) is 0.0447. The monoisotopic (exact) mass is 469 g/mol.